The summed E-state index contributed by atoms with van der Waals surface area (Å²) in [4.78, 5) is 18.2. The maximum absolute atomic E-state index is 12.4. The van der Waals surface area contributed by atoms with Crippen molar-refractivity contribution in [3.63, 3.8) is 0 Å². The van der Waals surface area contributed by atoms with Crippen LogP contribution in [0.1, 0.15) is 37.7 Å². The maximum Gasteiger partial charge on any atom is 0.246 e. The van der Waals surface area contributed by atoms with Crippen LogP contribution in [0.25, 0.3) is 11.6 Å². The molecule has 0 N–H and O–H groups in total. The van der Waals surface area contributed by atoms with Crippen LogP contribution >= 0.6 is 0 Å². The predicted octanol–water partition coefficient (Wildman–Crippen LogP) is 1.17. The van der Waals surface area contributed by atoms with Crippen LogP contribution in [-0.2, 0) is 4.79 Å². The van der Waals surface area contributed by atoms with E-state index in [-0.39, 0.29) is 18.0 Å². The molecule has 4 heterocycles. The Bertz CT molecular complexity index is 633. The van der Waals surface area contributed by atoms with E-state index in [0.29, 0.717) is 11.6 Å². The first-order valence-corrected chi connectivity index (χ1v) is 6.41. The second-order valence-corrected chi connectivity index (χ2v) is 4.98. The molecule has 0 saturated carbocycles. The Hall–Kier alpha value is -2.18. The first kappa shape index (κ1) is 10.7. The molecule has 19 heavy (non-hydrogen) atoms. The third kappa shape index (κ3) is 1.32. The van der Waals surface area contributed by atoms with Gasteiger partial charge in [-0.3, -0.25) is 9.36 Å². The predicted molar refractivity (Wildman–Crippen MR) is 63.9 cm³/mol. The summed E-state index contributed by atoms with van der Waals surface area (Å²) >= 11 is 0. The van der Waals surface area contributed by atoms with Gasteiger partial charge in [-0.1, -0.05) is 0 Å². The van der Waals surface area contributed by atoms with Crippen molar-refractivity contribution in [1.82, 2.24) is 24.6 Å². The highest BCUT2D eigenvalue weighted by molar-refractivity contribution is 5.82. The quantitative estimate of drug-likeness (QED) is 0.768. The van der Waals surface area contributed by atoms with Gasteiger partial charge in [0, 0.05) is 6.54 Å². The summed E-state index contributed by atoms with van der Waals surface area (Å²) in [6, 6.07) is -0.229. The number of carbonyl (C=O) groups is 1. The number of hydrogen-bond acceptors (Lipinski definition) is 5. The van der Waals surface area contributed by atoms with E-state index in [1.54, 1.807) is 6.20 Å². The normalized spacial score (nSPS) is 25.5. The molecule has 1 fully saturated rings. The highest BCUT2D eigenvalue weighted by Gasteiger charge is 2.43. The van der Waals surface area contributed by atoms with E-state index in [9.17, 15) is 4.79 Å². The van der Waals surface area contributed by atoms with E-state index in [1.807, 2.05) is 16.4 Å². The van der Waals surface area contributed by atoms with E-state index in [4.69, 9.17) is 4.42 Å². The van der Waals surface area contributed by atoms with Crippen molar-refractivity contribution in [2.24, 2.45) is 0 Å². The second kappa shape index (κ2) is 3.66. The Balaban J connectivity index is 1.90. The monoisotopic (exact) mass is 259 g/mol. The van der Waals surface area contributed by atoms with Gasteiger partial charge in [0.2, 0.25) is 11.7 Å². The molecule has 2 aromatic rings. The zero-order valence-electron chi connectivity index (χ0n) is 10.5. The van der Waals surface area contributed by atoms with E-state index in [0.717, 1.165) is 25.2 Å². The van der Waals surface area contributed by atoms with Crippen LogP contribution in [0.5, 0.6) is 0 Å². The SMILES string of the molecule is C[C@H]1C(=O)N2CCC[C@@H]2c2nnc(-c3cnco3)n21. The van der Waals surface area contributed by atoms with Crippen LogP contribution in [0, 0.1) is 0 Å². The molecule has 0 spiro atoms. The minimum atomic E-state index is -0.292. The minimum Gasteiger partial charge on any atom is -0.440 e. The van der Waals surface area contributed by atoms with Crippen molar-refractivity contribution < 1.29 is 9.21 Å². The summed E-state index contributed by atoms with van der Waals surface area (Å²) in [5, 5.41) is 8.46. The van der Waals surface area contributed by atoms with Gasteiger partial charge < -0.3 is 9.32 Å². The highest BCUT2D eigenvalue weighted by atomic mass is 16.3. The van der Waals surface area contributed by atoms with Gasteiger partial charge in [-0.25, -0.2) is 4.98 Å². The Labute approximate surface area is 109 Å². The van der Waals surface area contributed by atoms with Gasteiger partial charge in [0.05, 0.1) is 12.2 Å². The average molecular weight is 259 g/mol. The third-order valence-corrected chi connectivity index (χ3v) is 3.95. The molecule has 7 heteroatoms. The molecule has 0 bridgehead atoms. The summed E-state index contributed by atoms with van der Waals surface area (Å²) in [5.74, 6) is 2.12. The molecule has 0 radical (unpaired) electrons. The lowest BCUT2D eigenvalue weighted by atomic mass is 10.1. The van der Waals surface area contributed by atoms with E-state index >= 15 is 0 Å². The minimum absolute atomic E-state index is 0.0628. The van der Waals surface area contributed by atoms with Crippen LogP contribution < -0.4 is 0 Å². The lowest BCUT2D eigenvalue weighted by Gasteiger charge is -2.33. The summed E-state index contributed by atoms with van der Waals surface area (Å²) in [5.41, 5.74) is 0. The molecule has 1 saturated heterocycles. The first-order chi connectivity index (χ1) is 9.27. The summed E-state index contributed by atoms with van der Waals surface area (Å²) in [7, 11) is 0. The van der Waals surface area contributed by atoms with Crippen LogP contribution in [-0.4, -0.2) is 37.1 Å². The fraction of sp³-hybridized carbons (Fsp3) is 0.500. The van der Waals surface area contributed by atoms with Crippen LogP contribution in [0.3, 0.4) is 0 Å². The van der Waals surface area contributed by atoms with Crippen molar-refractivity contribution in [3.8, 4) is 11.6 Å². The van der Waals surface area contributed by atoms with Crippen molar-refractivity contribution in [2.75, 3.05) is 6.54 Å². The van der Waals surface area contributed by atoms with Gasteiger partial charge in [0.15, 0.2) is 18.0 Å². The average Bonchev–Trinajstić information content (AvgIpc) is 3.11. The molecule has 2 aromatic heterocycles. The van der Waals surface area contributed by atoms with Gasteiger partial charge >= 0.3 is 0 Å². The Kier molecular flexibility index (Phi) is 2.06. The molecule has 2 aliphatic heterocycles. The number of aromatic nitrogens is 4. The van der Waals surface area contributed by atoms with E-state index in [2.05, 4.69) is 15.2 Å². The summed E-state index contributed by atoms with van der Waals surface area (Å²) in [6.07, 6.45) is 4.92. The van der Waals surface area contributed by atoms with Crippen molar-refractivity contribution >= 4 is 5.91 Å². The second-order valence-electron chi connectivity index (χ2n) is 4.98. The van der Waals surface area contributed by atoms with Gasteiger partial charge in [0.1, 0.15) is 6.04 Å². The number of hydrogen-bond donors (Lipinski definition) is 0. The zero-order valence-corrected chi connectivity index (χ0v) is 10.5. The van der Waals surface area contributed by atoms with Gasteiger partial charge in [-0.2, -0.15) is 0 Å². The largest absolute Gasteiger partial charge is 0.440 e. The lowest BCUT2D eigenvalue weighted by Crippen LogP contribution is -2.42. The number of fused-ring (bicyclic) bond motifs is 3. The van der Waals surface area contributed by atoms with E-state index < -0.39 is 0 Å². The molecule has 1 amide bonds. The Morgan fingerprint density at radius 3 is 3.11 bits per heavy atom. The zero-order chi connectivity index (χ0) is 13.0. The van der Waals surface area contributed by atoms with Crippen molar-refractivity contribution in [2.45, 2.75) is 31.8 Å². The molecule has 0 aromatic carbocycles. The molecular weight excluding hydrogens is 246 g/mol. The fourth-order valence-electron chi connectivity index (χ4n) is 3.06. The fourth-order valence-corrected chi connectivity index (χ4v) is 3.06. The molecule has 4 rings (SSSR count). The van der Waals surface area contributed by atoms with Gasteiger partial charge in [-0.15, -0.1) is 10.2 Å². The molecule has 98 valence electrons. The molecule has 7 nitrogen and oxygen atoms in total. The van der Waals surface area contributed by atoms with Crippen LogP contribution in [0.15, 0.2) is 17.0 Å². The standard InChI is InChI=1S/C12H13N5O2/c1-7-12(18)16-4-2-3-8(16)10-14-15-11(17(7)10)9-5-13-6-19-9/h5-8H,2-4H2,1H3/t7-,8+/m0/s1. The smallest absolute Gasteiger partial charge is 0.246 e. The number of oxazole rings is 1. The first-order valence-electron chi connectivity index (χ1n) is 6.41. The lowest BCUT2D eigenvalue weighted by molar-refractivity contribution is -0.137. The molecule has 2 aliphatic rings. The Morgan fingerprint density at radius 1 is 1.42 bits per heavy atom. The van der Waals surface area contributed by atoms with Crippen LogP contribution in [0.4, 0.5) is 0 Å². The number of nitrogens with zero attached hydrogens (tertiary/aromatic N) is 5. The van der Waals surface area contributed by atoms with Crippen molar-refractivity contribution in [3.05, 3.63) is 18.4 Å². The molecular formula is C12H13N5O2. The van der Waals surface area contributed by atoms with Gasteiger partial charge in [-0.05, 0) is 19.8 Å². The molecule has 0 unspecified atom stereocenters. The molecule has 0 aliphatic carbocycles. The summed E-state index contributed by atoms with van der Waals surface area (Å²) in [6.45, 7) is 2.70. The third-order valence-electron chi connectivity index (χ3n) is 3.95. The topological polar surface area (TPSA) is 77.1 Å². The number of rotatable bonds is 1. The number of carbonyl (C=O) groups excluding carboxylic acids is 1. The maximum atomic E-state index is 12.4. The van der Waals surface area contributed by atoms with E-state index in [1.165, 1.54) is 6.39 Å². The number of amides is 1. The molecule has 2 atom stereocenters. The van der Waals surface area contributed by atoms with Crippen molar-refractivity contribution in [1.29, 1.82) is 0 Å². The Morgan fingerprint density at radius 2 is 2.32 bits per heavy atom. The van der Waals surface area contributed by atoms with Crippen LogP contribution in [0.2, 0.25) is 0 Å². The highest BCUT2D eigenvalue weighted by Crippen LogP contribution is 2.39. The summed E-state index contributed by atoms with van der Waals surface area (Å²) < 4.78 is 7.16. The van der Waals surface area contributed by atoms with Gasteiger partial charge in [0.25, 0.3) is 0 Å².